The zero-order valence-corrected chi connectivity index (χ0v) is 14.5. The molecule has 0 saturated heterocycles. The Hall–Kier alpha value is -1.82. The van der Waals surface area contributed by atoms with Gasteiger partial charge in [-0.3, -0.25) is 4.79 Å². The Bertz CT molecular complexity index is 764. The molecule has 1 heterocycles. The van der Waals surface area contributed by atoms with Crippen LogP contribution in [0, 0.1) is 11.8 Å². The van der Waals surface area contributed by atoms with Crippen LogP contribution in [0.3, 0.4) is 0 Å². The Morgan fingerprint density at radius 1 is 1.35 bits per heavy atom. The number of hydrogen-bond acceptors (Lipinski definition) is 5. The highest BCUT2D eigenvalue weighted by Crippen LogP contribution is 2.39. The Kier molecular flexibility index (Phi) is 4.43. The molecule has 0 N–H and O–H groups in total. The van der Waals surface area contributed by atoms with Gasteiger partial charge in [-0.25, -0.2) is 4.79 Å². The van der Waals surface area contributed by atoms with Crippen LogP contribution >= 0.6 is 15.9 Å². The van der Waals surface area contributed by atoms with E-state index < -0.39 is 5.97 Å². The van der Waals surface area contributed by atoms with Crippen LogP contribution in [-0.4, -0.2) is 18.5 Å². The van der Waals surface area contributed by atoms with Gasteiger partial charge in [-0.1, -0.05) is 22.9 Å². The Morgan fingerprint density at radius 2 is 2.09 bits per heavy atom. The first-order valence-corrected chi connectivity index (χ1v) is 8.35. The minimum Gasteiger partial charge on any atom is -0.460 e. The first kappa shape index (κ1) is 16.1. The molecule has 6 heteroatoms. The van der Waals surface area contributed by atoms with E-state index in [0.29, 0.717) is 17.1 Å². The molecule has 1 aromatic carbocycles. The van der Waals surface area contributed by atoms with Crippen LogP contribution in [0.5, 0.6) is 0 Å². The van der Waals surface area contributed by atoms with Crippen molar-refractivity contribution in [3.8, 4) is 0 Å². The third-order valence-corrected chi connectivity index (χ3v) is 4.48. The van der Waals surface area contributed by atoms with Gasteiger partial charge in [0.1, 0.15) is 12.2 Å². The molecule has 0 amide bonds. The van der Waals surface area contributed by atoms with Crippen LogP contribution in [-0.2, 0) is 20.9 Å². The molecule has 3 rings (SSSR count). The second-order valence-electron chi connectivity index (χ2n) is 5.70. The summed E-state index contributed by atoms with van der Waals surface area (Å²) in [7, 11) is 0. The van der Waals surface area contributed by atoms with E-state index in [1.165, 1.54) is 0 Å². The molecule has 0 unspecified atom stereocenters. The molecule has 1 aliphatic carbocycles. The van der Waals surface area contributed by atoms with E-state index in [4.69, 9.17) is 13.9 Å². The van der Waals surface area contributed by atoms with Crippen LogP contribution in [0.4, 0.5) is 0 Å². The van der Waals surface area contributed by atoms with Crippen molar-refractivity contribution in [1.82, 2.24) is 0 Å². The molecule has 2 atom stereocenters. The normalized spacial score (nSPS) is 19.6. The summed E-state index contributed by atoms with van der Waals surface area (Å²) in [4.78, 5) is 24.0. The van der Waals surface area contributed by atoms with Crippen LogP contribution < -0.4 is 0 Å². The Balaban J connectivity index is 1.91. The quantitative estimate of drug-likeness (QED) is 0.731. The monoisotopic (exact) mass is 380 g/mol. The molecule has 1 aliphatic rings. The van der Waals surface area contributed by atoms with E-state index >= 15 is 0 Å². The fourth-order valence-electron chi connectivity index (χ4n) is 2.53. The summed E-state index contributed by atoms with van der Waals surface area (Å²) < 4.78 is 16.9. The summed E-state index contributed by atoms with van der Waals surface area (Å²) in [6, 6.07) is 5.42. The van der Waals surface area contributed by atoms with Crippen molar-refractivity contribution in [3.05, 3.63) is 34.0 Å². The standard InChI is InChI=1S/C17H17BrO5/c1-3-21-17(20)15-13(8-22-16(19)11-6-9(11)2)12-7-10(18)4-5-14(12)23-15/h4-5,7,9,11H,3,6,8H2,1-2H3/t9-,11-/m0/s1. The molecule has 1 fully saturated rings. The number of carbonyl (C=O) groups is 2. The first-order chi connectivity index (χ1) is 11.0. The number of esters is 2. The van der Waals surface area contributed by atoms with Crippen LogP contribution in [0.1, 0.15) is 36.4 Å². The smallest absolute Gasteiger partial charge is 0.374 e. The van der Waals surface area contributed by atoms with Gasteiger partial charge in [0.2, 0.25) is 5.76 Å². The summed E-state index contributed by atoms with van der Waals surface area (Å²) in [5, 5.41) is 0.735. The fourth-order valence-corrected chi connectivity index (χ4v) is 2.89. The molecule has 1 saturated carbocycles. The highest BCUT2D eigenvalue weighted by atomic mass is 79.9. The molecule has 122 valence electrons. The van der Waals surface area contributed by atoms with Gasteiger partial charge in [-0.05, 0) is 37.5 Å². The fraction of sp³-hybridized carbons (Fsp3) is 0.412. The van der Waals surface area contributed by atoms with E-state index in [0.717, 1.165) is 16.3 Å². The summed E-state index contributed by atoms with van der Waals surface area (Å²) in [5.41, 5.74) is 1.10. The highest BCUT2D eigenvalue weighted by Gasteiger charge is 2.40. The van der Waals surface area contributed by atoms with Crippen molar-refractivity contribution < 1.29 is 23.5 Å². The lowest BCUT2D eigenvalue weighted by Crippen LogP contribution is -2.11. The minimum absolute atomic E-state index is 0.000343. The van der Waals surface area contributed by atoms with Crippen molar-refractivity contribution >= 4 is 38.8 Å². The summed E-state index contributed by atoms with van der Waals surface area (Å²) in [6.45, 7) is 3.99. The second-order valence-corrected chi connectivity index (χ2v) is 6.61. The maximum absolute atomic E-state index is 12.1. The molecular formula is C17H17BrO5. The third kappa shape index (κ3) is 3.27. The maximum Gasteiger partial charge on any atom is 0.374 e. The molecule has 1 aromatic heterocycles. The summed E-state index contributed by atoms with van der Waals surface area (Å²) >= 11 is 3.40. The maximum atomic E-state index is 12.1. The summed E-state index contributed by atoms with van der Waals surface area (Å²) in [6.07, 6.45) is 0.862. The van der Waals surface area contributed by atoms with Crippen molar-refractivity contribution in [1.29, 1.82) is 0 Å². The van der Waals surface area contributed by atoms with E-state index in [-0.39, 0.29) is 30.9 Å². The van der Waals surface area contributed by atoms with Gasteiger partial charge in [0.15, 0.2) is 0 Å². The second kappa shape index (κ2) is 6.35. The van der Waals surface area contributed by atoms with Gasteiger partial charge in [-0.15, -0.1) is 0 Å². The van der Waals surface area contributed by atoms with Gasteiger partial charge in [0, 0.05) is 9.86 Å². The molecule has 0 aliphatic heterocycles. The number of furan rings is 1. The highest BCUT2D eigenvalue weighted by molar-refractivity contribution is 9.10. The van der Waals surface area contributed by atoms with Crippen LogP contribution in [0.15, 0.2) is 27.1 Å². The lowest BCUT2D eigenvalue weighted by molar-refractivity contribution is -0.146. The van der Waals surface area contributed by atoms with Gasteiger partial charge >= 0.3 is 11.9 Å². The molecule has 2 aromatic rings. The van der Waals surface area contributed by atoms with E-state index in [1.807, 2.05) is 19.1 Å². The lowest BCUT2D eigenvalue weighted by Gasteiger charge is -2.05. The lowest BCUT2D eigenvalue weighted by atomic mass is 10.1. The van der Waals surface area contributed by atoms with Crippen molar-refractivity contribution in [3.63, 3.8) is 0 Å². The number of carbonyl (C=O) groups excluding carboxylic acids is 2. The van der Waals surface area contributed by atoms with E-state index in [1.54, 1.807) is 13.0 Å². The molecular weight excluding hydrogens is 364 g/mol. The predicted octanol–water partition coefficient (Wildman–Crippen LogP) is 4.07. The van der Waals surface area contributed by atoms with E-state index in [2.05, 4.69) is 15.9 Å². The van der Waals surface area contributed by atoms with Gasteiger partial charge in [-0.2, -0.15) is 0 Å². The number of hydrogen-bond donors (Lipinski definition) is 0. The van der Waals surface area contributed by atoms with Crippen molar-refractivity contribution in [2.45, 2.75) is 26.9 Å². The van der Waals surface area contributed by atoms with Gasteiger partial charge in [0.05, 0.1) is 18.1 Å². The van der Waals surface area contributed by atoms with Crippen molar-refractivity contribution in [2.75, 3.05) is 6.61 Å². The molecule has 0 spiro atoms. The zero-order chi connectivity index (χ0) is 16.6. The van der Waals surface area contributed by atoms with Gasteiger partial charge < -0.3 is 13.9 Å². The molecule has 23 heavy (non-hydrogen) atoms. The number of halogens is 1. The van der Waals surface area contributed by atoms with Crippen LogP contribution in [0.25, 0.3) is 11.0 Å². The third-order valence-electron chi connectivity index (χ3n) is 3.98. The minimum atomic E-state index is -0.550. The largest absolute Gasteiger partial charge is 0.460 e. The SMILES string of the molecule is CCOC(=O)c1oc2ccc(Br)cc2c1COC(=O)[C@H]1C[C@@H]1C. The average molecular weight is 381 g/mol. The Morgan fingerprint density at radius 3 is 2.74 bits per heavy atom. The van der Waals surface area contributed by atoms with Crippen molar-refractivity contribution in [2.24, 2.45) is 11.8 Å². The number of benzene rings is 1. The number of fused-ring (bicyclic) bond motifs is 1. The topological polar surface area (TPSA) is 65.7 Å². The summed E-state index contributed by atoms with van der Waals surface area (Å²) in [5.74, 6) is -0.327. The molecule has 0 bridgehead atoms. The average Bonchev–Trinajstić information content (AvgIpc) is 3.14. The molecule has 5 nitrogen and oxygen atoms in total. The van der Waals surface area contributed by atoms with Gasteiger partial charge in [0.25, 0.3) is 0 Å². The number of ether oxygens (including phenoxy) is 2. The van der Waals surface area contributed by atoms with E-state index in [9.17, 15) is 9.59 Å². The zero-order valence-electron chi connectivity index (χ0n) is 12.9. The Labute approximate surface area is 142 Å². The predicted molar refractivity (Wildman–Crippen MR) is 86.9 cm³/mol. The first-order valence-electron chi connectivity index (χ1n) is 7.56. The molecule has 0 radical (unpaired) electrons. The van der Waals surface area contributed by atoms with Crippen LogP contribution in [0.2, 0.25) is 0 Å². The number of rotatable bonds is 5.